The molecule has 1 amide bonds. The Labute approximate surface area is 144 Å². The zero-order valence-electron chi connectivity index (χ0n) is 13.9. The van der Waals surface area contributed by atoms with E-state index >= 15 is 0 Å². The molecule has 126 valence electrons. The number of para-hydroxylation sites is 1. The van der Waals surface area contributed by atoms with Crippen molar-refractivity contribution in [1.29, 1.82) is 0 Å². The molecule has 1 atom stereocenters. The Morgan fingerprint density at radius 2 is 2.17 bits per heavy atom. The molecular formula is C17H20N4O2S. The van der Waals surface area contributed by atoms with Gasteiger partial charge in [-0.05, 0) is 25.5 Å². The molecule has 1 aromatic carbocycles. The van der Waals surface area contributed by atoms with Crippen molar-refractivity contribution in [3.63, 3.8) is 0 Å². The summed E-state index contributed by atoms with van der Waals surface area (Å²) < 4.78 is 7.68. The minimum absolute atomic E-state index is 0.00244. The summed E-state index contributed by atoms with van der Waals surface area (Å²) in [6.07, 6.45) is 0.913. The summed E-state index contributed by atoms with van der Waals surface area (Å²) >= 11 is 1.37. The third kappa shape index (κ3) is 3.46. The van der Waals surface area contributed by atoms with Crippen molar-refractivity contribution in [2.24, 2.45) is 7.05 Å². The van der Waals surface area contributed by atoms with Gasteiger partial charge in [-0.25, -0.2) is 0 Å². The van der Waals surface area contributed by atoms with Gasteiger partial charge >= 0.3 is 0 Å². The Kier molecular flexibility index (Phi) is 4.89. The van der Waals surface area contributed by atoms with Crippen LogP contribution in [-0.4, -0.2) is 32.5 Å². The van der Waals surface area contributed by atoms with Gasteiger partial charge in [-0.15, -0.1) is 10.2 Å². The third-order valence-corrected chi connectivity index (χ3v) is 4.85. The molecule has 0 fully saturated rings. The number of carbonyl (C=O) groups excluding carboxylic acids is 1. The molecule has 2 heterocycles. The van der Waals surface area contributed by atoms with Gasteiger partial charge in [0.05, 0.1) is 5.75 Å². The standard InChI is InChI=1S/C17H20N4O2S/c1-4-11(2)18-15(22)10-24-17-20-19-16(21(17)3)14-9-12-7-5-6-8-13(12)23-14/h5-9,11H,4,10H2,1-3H3,(H,18,22)/t11-/m1/s1. The van der Waals surface area contributed by atoms with E-state index in [9.17, 15) is 4.79 Å². The van der Waals surface area contributed by atoms with Crippen LogP contribution in [-0.2, 0) is 11.8 Å². The predicted molar refractivity (Wildman–Crippen MR) is 94.8 cm³/mol. The molecule has 0 unspecified atom stereocenters. The van der Waals surface area contributed by atoms with Crippen LogP contribution in [0, 0.1) is 0 Å². The number of hydrogen-bond acceptors (Lipinski definition) is 5. The van der Waals surface area contributed by atoms with Crippen LogP contribution in [0.3, 0.4) is 0 Å². The molecule has 2 aromatic heterocycles. The Morgan fingerprint density at radius 1 is 1.38 bits per heavy atom. The van der Waals surface area contributed by atoms with Crippen LogP contribution in [0.2, 0.25) is 0 Å². The lowest BCUT2D eigenvalue weighted by Gasteiger charge is -2.10. The molecule has 0 radical (unpaired) electrons. The molecule has 0 aliphatic carbocycles. The minimum Gasteiger partial charge on any atom is -0.453 e. The van der Waals surface area contributed by atoms with E-state index in [1.54, 1.807) is 0 Å². The quantitative estimate of drug-likeness (QED) is 0.695. The monoisotopic (exact) mass is 344 g/mol. The number of furan rings is 1. The van der Waals surface area contributed by atoms with Crippen molar-refractivity contribution in [3.05, 3.63) is 30.3 Å². The van der Waals surface area contributed by atoms with Crippen molar-refractivity contribution >= 4 is 28.6 Å². The van der Waals surface area contributed by atoms with Gasteiger partial charge in [0.25, 0.3) is 0 Å². The third-order valence-electron chi connectivity index (χ3n) is 3.83. The maximum atomic E-state index is 11.9. The number of amides is 1. The summed E-state index contributed by atoms with van der Waals surface area (Å²) in [5.41, 5.74) is 0.817. The van der Waals surface area contributed by atoms with Crippen LogP contribution in [0.25, 0.3) is 22.6 Å². The van der Waals surface area contributed by atoms with Gasteiger partial charge in [0.1, 0.15) is 5.58 Å². The molecule has 3 aromatic rings. The molecule has 6 nitrogen and oxygen atoms in total. The van der Waals surface area contributed by atoms with Gasteiger partial charge in [-0.2, -0.15) is 0 Å². The summed E-state index contributed by atoms with van der Waals surface area (Å²) in [6, 6.07) is 9.95. The number of fused-ring (bicyclic) bond motifs is 1. The summed E-state index contributed by atoms with van der Waals surface area (Å²) in [7, 11) is 1.87. The fourth-order valence-electron chi connectivity index (χ4n) is 2.30. The predicted octanol–water partition coefficient (Wildman–Crippen LogP) is 3.24. The largest absolute Gasteiger partial charge is 0.453 e. The molecule has 24 heavy (non-hydrogen) atoms. The number of thioether (sulfide) groups is 1. The second-order valence-electron chi connectivity index (χ2n) is 5.68. The van der Waals surface area contributed by atoms with Gasteiger partial charge < -0.3 is 14.3 Å². The number of benzene rings is 1. The van der Waals surface area contributed by atoms with E-state index in [1.807, 2.05) is 55.8 Å². The molecule has 0 saturated carbocycles. The van der Waals surface area contributed by atoms with Crippen LogP contribution in [0.1, 0.15) is 20.3 Å². The van der Waals surface area contributed by atoms with Crippen LogP contribution in [0.5, 0.6) is 0 Å². The lowest BCUT2D eigenvalue weighted by molar-refractivity contribution is -0.119. The van der Waals surface area contributed by atoms with E-state index in [-0.39, 0.29) is 11.9 Å². The minimum atomic E-state index is 0.00244. The number of nitrogens with zero attached hydrogens (tertiary/aromatic N) is 3. The molecule has 1 N–H and O–H groups in total. The van der Waals surface area contributed by atoms with Gasteiger partial charge in [0.2, 0.25) is 5.91 Å². The fourth-order valence-corrected chi connectivity index (χ4v) is 3.02. The molecule has 0 aliphatic rings. The average molecular weight is 344 g/mol. The molecular weight excluding hydrogens is 324 g/mol. The molecule has 7 heteroatoms. The Morgan fingerprint density at radius 3 is 2.92 bits per heavy atom. The smallest absolute Gasteiger partial charge is 0.230 e. The van der Waals surface area contributed by atoms with Gasteiger partial charge in [-0.1, -0.05) is 36.9 Å². The van der Waals surface area contributed by atoms with Crippen LogP contribution >= 0.6 is 11.8 Å². The number of hydrogen-bond donors (Lipinski definition) is 1. The van der Waals surface area contributed by atoms with E-state index in [0.29, 0.717) is 22.5 Å². The highest BCUT2D eigenvalue weighted by atomic mass is 32.2. The first-order valence-corrected chi connectivity index (χ1v) is 8.87. The lowest BCUT2D eigenvalue weighted by atomic mass is 10.2. The van der Waals surface area contributed by atoms with E-state index in [4.69, 9.17) is 4.42 Å². The summed E-state index contributed by atoms with van der Waals surface area (Å²) in [6.45, 7) is 4.03. The molecule has 0 bridgehead atoms. The first kappa shape index (κ1) is 16.6. The molecule has 0 spiro atoms. The van der Waals surface area contributed by atoms with Crippen molar-refractivity contribution < 1.29 is 9.21 Å². The Balaban J connectivity index is 1.73. The zero-order chi connectivity index (χ0) is 17.1. The second-order valence-corrected chi connectivity index (χ2v) is 6.62. The lowest BCUT2D eigenvalue weighted by Crippen LogP contribution is -2.33. The van der Waals surface area contributed by atoms with Crippen LogP contribution < -0.4 is 5.32 Å². The number of nitrogens with one attached hydrogen (secondary N) is 1. The van der Waals surface area contributed by atoms with E-state index < -0.39 is 0 Å². The Bertz CT molecular complexity index is 822. The highest BCUT2D eigenvalue weighted by Gasteiger charge is 2.16. The molecule has 3 rings (SSSR count). The Hall–Kier alpha value is -2.28. The average Bonchev–Trinajstić information content (AvgIpc) is 3.15. The van der Waals surface area contributed by atoms with Crippen LogP contribution in [0.15, 0.2) is 39.9 Å². The maximum Gasteiger partial charge on any atom is 0.230 e. The van der Waals surface area contributed by atoms with Gasteiger partial charge in [0, 0.05) is 18.5 Å². The van der Waals surface area contributed by atoms with Crippen molar-refractivity contribution in [1.82, 2.24) is 20.1 Å². The van der Waals surface area contributed by atoms with Crippen molar-refractivity contribution in [3.8, 4) is 11.6 Å². The first-order chi connectivity index (χ1) is 11.6. The topological polar surface area (TPSA) is 73.0 Å². The number of carbonyl (C=O) groups is 1. The van der Waals surface area contributed by atoms with E-state index in [2.05, 4.69) is 15.5 Å². The maximum absolute atomic E-state index is 11.9. The number of aromatic nitrogens is 3. The highest BCUT2D eigenvalue weighted by Crippen LogP contribution is 2.28. The van der Waals surface area contributed by atoms with Crippen molar-refractivity contribution in [2.45, 2.75) is 31.5 Å². The number of rotatable bonds is 6. The highest BCUT2D eigenvalue weighted by molar-refractivity contribution is 7.99. The second kappa shape index (κ2) is 7.09. The normalized spacial score (nSPS) is 12.5. The van der Waals surface area contributed by atoms with Crippen molar-refractivity contribution in [2.75, 3.05) is 5.75 Å². The van der Waals surface area contributed by atoms with Gasteiger partial charge in [0.15, 0.2) is 16.7 Å². The van der Waals surface area contributed by atoms with E-state index in [0.717, 1.165) is 17.4 Å². The summed E-state index contributed by atoms with van der Waals surface area (Å²) in [4.78, 5) is 11.9. The van der Waals surface area contributed by atoms with Crippen LogP contribution in [0.4, 0.5) is 0 Å². The zero-order valence-corrected chi connectivity index (χ0v) is 14.8. The molecule has 0 saturated heterocycles. The molecule has 0 aliphatic heterocycles. The summed E-state index contributed by atoms with van der Waals surface area (Å²) in [5, 5.41) is 13.0. The fraction of sp³-hybridized carbons (Fsp3) is 0.353. The van der Waals surface area contributed by atoms with E-state index in [1.165, 1.54) is 11.8 Å². The summed E-state index contributed by atoms with van der Waals surface area (Å²) in [5.74, 6) is 1.64. The first-order valence-electron chi connectivity index (χ1n) is 7.89. The van der Waals surface area contributed by atoms with Gasteiger partial charge in [-0.3, -0.25) is 4.79 Å². The SMILES string of the molecule is CC[C@@H](C)NC(=O)CSc1nnc(-c2cc3ccccc3o2)n1C.